The van der Waals surface area contributed by atoms with Gasteiger partial charge in [-0.25, -0.2) is 0 Å². The van der Waals surface area contributed by atoms with Crippen molar-refractivity contribution < 1.29 is 23.8 Å². The van der Waals surface area contributed by atoms with Crippen LogP contribution in [0.3, 0.4) is 0 Å². The molecule has 0 aromatic carbocycles. The van der Waals surface area contributed by atoms with Gasteiger partial charge in [0.1, 0.15) is 6.61 Å². The molecule has 1 rings (SSSR count). The standard InChI is InChI=1S/C12H21NO5/c1-16-7-8-18-9-11(14)13-5-3-10(4-6-13)12(15)17-2/h10H,3-9H2,1-2H3. The first-order valence-electron chi connectivity index (χ1n) is 6.11. The van der Waals surface area contributed by atoms with Gasteiger partial charge < -0.3 is 19.1 Å². The van der Waals surface area contributed by atoms with E-state index < -0.39 is 0 Å². The predicted octanol–water partition coefficient (Wildman–Crippen LogP) is 0.0610. The van der Waals surface area contributed by atoms with Crippen molar-refractivity contribution in [3.63, 3.8) is 0 Å². The molecule has 0 atom stereocenters. The lowest BCUT2D eigenvalue weighted by Gasteiger charge is -2.30. The normalized spacial score (nSPS) is 16.7. The molecule has 1 fully saturated rings. The maximum atomic E-state index is 11.8. The van der Waals surface area contributed by atoms with Crippen molar-refractivity contribution in [3.05, 3.63) is 0 Å². The summed E-state index contributed by atoms with van der Waals surface area (Å²) in [6, 6.07) is 0. The summed E-state index contributed by atoms with van der Waals surface area (Å²) in [5.74, 6) is -0.290. The highest BCUT2D eigenvalue weighted by Gasteiger charge is 2.27. The Hall–Kier alpha value is -1.14. The third kappa shape index (κ3) is 4.62. The average Bonchev–Trinajstić information content (AvgIpc) is 2.42. The zero-order valence-corrected chi connectivity index (χ0v) is 11.0. The van der Waals surface area contributed by atoms with Gasteiger partial charge in [0.15, 0.2) is 0 Å². The monoisotopic (exact) mass is 259 g/mol. The van der Waals surface area contributed by atoms with E-state index >= 15 is 0 Å². The van der Waals surface area contributed by atoms with Crippen LogP contribution in [0.1, 0.15) is 12.8 Å². The van der Waals surface area contributed by atoms with E-state index in [0.29, 0.717) is 39.1 Å². The maximum Gasteiger partial charge on any atom is 0.308 e. The molecule has 0 aliphatic carbocycles. The number of carbonyl (C=O) groups is 2. The third-order valence-electron chi connectivity index (χ3n) is 3.04. The van der Waals surface area contributed by atoms with Gasteiger partial charge in [-0.1, -0.05) is 0 Å². The number of nitrogens with zero attached hydrogens (tertiary/aromatic N) is 1. The van der Waals surface area contributed by atoms with E-state index in [2.05, 4.69) is 0 Å². The van der Waals surface area contributed by atoms with Crippen LogP contribution < -0.4 is 0 Å². The Kier molecular flexibility index (Phi) is 6.67. The lowest BCUT2D eigenvalue weighted by atomic mass is 9.97. The molecular weight excluding hydrogens is 238 g/mol. The number of piperidine rings is 1. The molecule has 0 radical (unpaired) electrons. The fraction of sp³-hybridized carbons (Fsp3) is 0.833. The Balaban J connectivity index is 2.21. The van der Waals surface area contributed by atoms with E-state index in [4.69, 9.17) is 14.2 Å². The van der Waals surface area contributed by atoms with Crippen LogP contribution in [0.4, 0.5) is 0 Å². The summed E-state index contributed by atoms with van der Waals surface area (Å²) in [5.41, 5.74) is 0. The first-order chi connectivity index (χ1) is 8.69. The fourth-order valence-electron chi connectivity index (χ4n) is 1.92. The number of rotatable bonds is 6. The SMILES string of the molecule is COCCOCC(=O)N1CCC(C(=O)OC)CC1. The molecule has 1 aliphatic heterocycles. The van der Waals surface area contributed by atoms with Crippen LogP contribution in [0.2, 0.25) is 0 Å². The van der Waals surface area contributed by atoms with Gasteiger partial charge in [-0.2, -0.15) is 0 Å². The van der Waals surface area contributed by atoms with Crippen LogP contribution in [0.15, 0.2) is 0 Å². The lowest BCUT2D eigenvalue weighted by molar-refractivity contribution is -0.149. The van der Waals surface area contributed by atoms with Crippen LogP contribution in [0, 0.1) is 5.92 Å². The summed E-state index contributed by atoms with van der Waals surface area (Å²) < 4.78 is 14.7. The van der Waals surface area contributed by atoms with E-state index in [0.717, 1.165) is 0 Å². The summed E-state index contributed by atoms with van der Waals surface area (Å²) in [5, 5.41) is 0. The summed E-state index contributed by atoms with van der Waals surface area (Å²) in [4.78, 5) is 24.8. The Morgan fingerprint density at radius 1 is 1.17 bits per heavy atom. The summed E-state index contributed by atoms with van der Waals surface area (Å²) in [7, 11) is 2.98. The van der Waals surface area contributed by atoms with Crippen LogP contribution >= 0.6 is 0 Å². The van der Waals surface area contributed by atoms with Crippen molar-refractivity contribution in [2.45, 2.75) is 12.8 Å². The first kappa shape index (κ1) is 14.9. The molecule has 0 saturated carbocycles. The molecule has 0 aromatic heterocycles. The highest BCUT2D eigenvalue weighted by Crippen LogP contribution is 2.18. The van der Waals surface area contributed by atoms with Gasteiger partial charge >= 0.3 is 5.97 Å². The minimum Gasteiger partial charge on any atom is -0.469 e. The number of hydrogen-bond acceptors (Lipinski definition) is 5. The van der Waals surface area contributed by atoms with Crippen molar-refractivity contribution in [1.82, 2.24) is 4.90 Å². The summed E-state index contributed by atoms with van der Waals surface area (Å²) in [6.45, 7) is 2.16. The van der Waals surface area contributed by atoms with Gasteiger partial charge in [0.2, 0.25) is 5.91 Å². The lowest BCUT2D eigenvalue weighted by Crippen LogP contribution is -2.42. The molecule has 0 N–H and O–H groups in total. The molecule has 1 amide bonds. The predicted molar refractivity (Wildman–Crippen MR) is 64.0 cm³/mol. The van der Waals surface area contributed by atoms with Crippen LogP contribution in [-0.2, 0) is 23.8 Å². The number of ether oxygens (including phenoxy) is 3. The molecule has 18 heavy (non-hydrogen) atoms. The number of methoxy groups -OCH3 is 2. The molecule has 1 heterocycles. The Morgan fingerprint density at radius 3 is 2.39 bits per heavy atom. The van der Waals surface area contributed by atoms with Crippen molar-refractivity contribution in [3.8, 4) is 0 Å². The number of likely N-dealkylation sites (tertiary alicyclic amines) is 1. The van der Waals surface area contributed by atoms with Crippen molar-refractivity contribution in [2.24, 2.45) is 5.92 Å². The van der Waals surface area contributed by atoms with Crippen molar-refractivity contribution in [2.75, 3.05) is 47.1 Å². The number of amides is 1. The quantitative estimate of drug-likeness (QED) is 0.498. The smallest absolute Gasteiger partial charge is 0.308 e. The molecule has 6 nitrogen and oxygen atoms in total. The Bertz CT molecular complexity index is 274. The van der Waals surface area contributed by atoms with Crippen molar-refractivity contribution in [1.29, 1.82) is 0 Å². The van der Waals surface area contributed by atoms with Gasteiger partial charge in [-0.15, -0.1) is 0 Å². The Labute approximate surface area is 107 Å². The number of esters is 1. The highest BCUT2D eigenvalue weighted by molar-refractivity contribution is 5.78. The number of carbonyl (C=O) groups excluding carboxylic acids is 2. The molecule has 6 heteroatoms. The molecule has 0 unspecified atom stereocenters. The molecular formula is C12H21NO5. The molecule has 0 bridgehead atoms. The first-order valence-corrected chi connectivity index (χ1v) is 6.11. The minimum absolute atomic E-state index is 0.0329. The molecule has 1 saturated heterocycles. The zero-order valence-electron chi connectivity index (χ0n) is 11.0. The average molecular weight is 259 g/mol. The highest BCUT2D eigenvalue weighted by atomic mass is 16.5. The third-order valence-corrected chi connectivity index (χ3v) is 3.04. The summed E-state index contributed by atoms with van der Waals surface area (Å²) in [6.07, 6.45) is 1.33. The van der Waals surface area contributed by atoms with Crippen LogP contribution in [0.25, 0.3) is 0 Å². The van der Waals surface area contributed by atoms with Crippen molar-refractivity contribution >= 4 is 11.9 Å². The van der Waals surface area contributed by atoms with Gasteiger partial charge in [0, 0.05) is 20.2 Å². The van der Waals surface area contributed by atoms with Gasteiger partial charge in [-0.05, 0) is 12.8 Å². The Morgan fingerprint density at radius 2 is 1.83 bits per heavy atom. The van der Waals surface area contributed by atoms with Gasteiger partial charge in [0.25, 0.3) is 0 Å². The molecule has 0 aromatic rings. The van der Waals surface area contributed by atoms with Gasteiger partial charge in [0.05, 0.1) is 26.2 Å². The van der Waals surface area contributed by atoms with E-state index in [9.17, 15) is 9.59 Å². The second-order valence-corrected chi connectivity index (χ2v) is 4.22. The van der Waals surface area contributed by atoms with E-state index in [1.54, 1.807) is 12.0 Å². The molecule has 1 aliphatic rings. The number of hydrogen-bond donors (Lipinski definition) is 0. The minimum atomic E-state index is -0.182. The summed E-state index contributed by atoms with van der Waals surface area (Å²) >= 11 is 0. The molecule has 104 valence electrons. The largest absolute Gasteiger partial charge is 0.469 e. The zero-order chi connectivity index (χ0) is 13.4. The van der Waals surface area contributed by atoms with E-state index in [1.165, 1.54) is 7.11 Å². The molecule has 0 spiro atoms. The second kappa shape index (κ2) is 8.05. The fourth-order valence-corrected chi connectivity index (χ4v) is 1.92. The second-order valence-electron chi connectivity index (χ2n) is 4.22. The van der Waals surface area contributed by atoms with E-state index in [1.807, 2.05) is 0 Å². The topological polar surface area (TPSA) is 65.1 Å². The van der Waals surface area contributed by atoms with Crippen LogP contribution in [-0.4, -0.2) is 63.9 Å². The van der Waals surface area contributed by atoms with Gasteiger partial charge in [-0.3, -0.25) is 9.59 Å². The maximum absolute atomic E-state index is 11.8. The van der Waals surface area contributed by atoms with Crippen LogP contribution in [0.5, 0.6) is 0 Å². The van der Waals surface area contributed by atoms with E-state index in [-0.39, 0.29) is 24.4 Å².